The topological polar surface area (TPSA) is 412 Å². The van der Waals surface area contributed by atoms with E-state index in [1.807, 2.05) is 0 Å². The van der Waals surface area contributed by atoms with Crippen molar-refractivity contribution in [2.45, 2.75) is 609 Å². The summed E-state index contributed by atoms with van der Waals surface area (Å²) in [4.78, 5) is 144. The molecule has 0 radical (unpaired) electrons. The van der Waals surface area contributed by atoms with Crippen LogP contribution >= 0.6 is 15.6 Å². The number of amides is 2. The van der Waals surface area contributed by atoms with Crippen LogP contribution in [0.15, 0.2) is 0 Å². The average molecular weight is 1950 g/mol. The van der Waals surface area contributed by atoms with E-state index in [1.165, 1.54) is 77.0 Å². The van der Waals surface area contributed by atoms with E-state index in [1.54, 1.807) is 0 Å². The highest BCUT2D eigenvalue weighted by atomic mass is 31.2. The number of nitrogens with one attached hydrogen (secondary N) is 2. The van der Waals surface area contributed by atoms with Gasteiger partial charge in [-0.2, -0.15) is 0 Å². The summed E-state index contributed by atoms with van der Waals surface area (Å²) >= 11 is 0. The molecule has 134 heavy (non-hydrogen) atoms. The van der Waals surface area contributed by atoms with E-state index in [9.17, 15) is 68.0 Å². The molecule has 2 aliphatic heterocycles. The van der Waals surface area contributed by atoms with Crippen molar-refractivity contribution in [3.05, 3.63) is 0 Å². The fraction of sp³-hybridized carbons (Fsp3) is 0.933. The number of carbonyl (C=O) groups is 7. The number of unbranched alkanes of at least 4 members (excludes halogenated alkanes) is 56. The molecule has 0 spiro atoms. The maximum absolute atomic E-state index is 15.3. The summed E-state index contributed by atoms with van der Waals surface area (Å²) in [5.41, 5.74) is 0. The van der Waals surface area contributed by atoms with Gasteiger partial charge in [0.1, 0.15) is 54.8 Å². The Hall–Kier alpha value is -3.73. The Balaban J connectivity index is 2.92. The van der Waals surface area contributed by atoms with Crippen molar-refractivity contribution in [2.75, 3.05) is 13.2 Å². The number of carbonyl (C=O) groups excluding carboxylic acids is 7. The number of phosphoric acid groups is 2. The summed E-state index contributed by atoms with van der Waals surface area (Å²) in [5, 5.41) is 40.9. The standard InChI is InChI=1S/C104H196N2O26P2/c1-8-15-22-29-36-41-42-43-44-49-56-63-69-76-92(111)124-85(72-65-59-52-45-37-30-23-16-9-2)79-90(109)105-97-101(129-95(114)78-84(108)71-64-57-50-34-27-20-13-6)99(116)89(128-104(97)132-134(120,121)122)83-123-103-98(106-91(110)80-86(73-66-60-53-46-38-31-24-17-10-3)125-93(112)75-68-61-54-47-39-32-25-18-11-4)102(100(88(82-107)127-103)131-133(117,118)119)130-96(115)81-87(74-67-58-51-35-28-21-14-7)126-94(113)77-70-62-55-48-40-33-26-19-12-5/h84-89,97-104,107-108,116H,8-83H2,1-7H3,(H,105,109)(H,106,110)(H2,117,118,119)(H2,120,121,122)/t84?,85?,86?,87?,88-,89-,97-,98-,99-,100-,101-,102-,103-,104+/m1/s1. The van der Waals surface area contributed by atoms with Crippen LogP contribution in [0, 0.1) is 0 Å². The predicted octanol–water partition coefficient (Wildman–Crippen LogP) is 24.3. The van der Waals surface area contributed by atoms with Gasteiger partial charge in [0.05, 0.1) is 45.0 Å². The quantitative estimate of drug-likeness (QED) is 0.0118. The number of ether oxygens (including phenoxy) is 8. The normalized spacial score (nSPS) is 19.6. The second-order valence-corrected chi connectivity index (χ2v) is 41.2. The van der Waals surface area contributed by atoms with Crippen LogP contribution in [-0.4, -0.2) is 175 Å². The molecule has 4 unspecified atom stereocenters. The van der Waals surface area contributed by atoms with Crippen LogP contribution in [-0.2, 0) is 89.6 Å². The lowest BCUT2D eigenvalue weighted by Gasteiger charge is -2.47. The smallest absolute Gasteiger partial charge is 0.462 e. The third kappa shape index (κ3) is 68.4. The molecule has 2 heterocycles. The van der Waals surface area contributed by atoms with E-state index in [-0.39, 0.29) is 44.9 Å². The van der Waals surface area contributed by atoms with Crippen molar-refractivity contribution in [3.8, 4) is 0 Å². The van der Waals surface area contributed by atoms with Crippen LogP contribution in [0.2, 0.25) is 0 Å². The summed E-state index contributed by atoms with van der Waals surface area (Å²) in [7, 11) is -11.4. The highest BCUT2D eigenvalue weighted by Crippen LogP contribution is 2.44. The molecule has 9 N–H and O–H groups in total. The molecule has 0 aromatic heterocycles. The molecule has 28 nitrogen and oxygen atoms in total. The number of aliphatic hydroxyl groups is 3. The van der Waals surface area contributed by atoms with Gasteiger partial charge in [-0.25, -0.2) is 9.13 Å². The fourth-order valence-electron chi connectivity index (χ4n) is 18.1. The first kappa shape index (κ1) is 126. The summed E-state index contributed by atoms with van der Waals surface area (Å²) < 4.78 is 87.2. The molecule has 0 bridgehead atoms. The summed E-state index contributed by atoms with van der Waals surface area (Å²) in [6.45, 7) is 13.0. The Labute approximate surface area is 810 Å². The number of rotatable bonds is 93. The SMILES string of the molecule is CCCCCCCCCCCCCCCC(=O)OC(CCCCCCCCCCC)CC(=O)N[C@H]1[C@H](OP(=O)(O)O)O[C@H](CO[C@@H]2O[C@H](CO)[C@@H](OP(=O)(O)O)[C@H](OC(=O)CC(CCCCCCCCC)OC(=O)CCCCCCCCCCC)[C@H]2NC(=O)CC(CCCCCCCCCCC)OC(=O)CCCCCCCCCCC)[C@@H](O)[C@@H]1OC(=O)CC(O)CCCCCCCCC. The van der Waals surface area contributed by atoms with Crippen molar-refractivity contribution >= 4 is 57.3 Å². The fourth-order valence-corrected chi connectivity index (χ4v) is 19.2. The number of phosphoric ester groups is 2. The summed E-state index contributed by atoms with van der Waals surface area (Å²) in [6.07, 6.45) is 40.6. The van der Waals surface area contributed by atoms with Crippen LogP contribution in [0.4, 0.5) is 0 Å². The van der Waals surface area contributed by atoms with Gasteiger partial charge in [-0.1, -0.05) is 414 Å². The van der Waals surface area contributed by atoms with Gasteiger partial charge in [-0.15, -0.1) is 0 Å². The second-order valence-electron chi connectivity index (χ2n) is 38.9. The molecule has 0 aromatic rings. The van der Waals surface area contributed by atoms with Crippen LogP contribution in [0.5, 0.6) is 0 Å². The van der Waals surface area contributed by atoms with E-state index in [0.29, 0.717) is 44.9 Å². The summed E-state index contributed by atoms with van der Waals surface area (Å²) in [6, 6.07) is -3.92. The van der Waals surface area contributed by atoms with E-state index in [0.717, 1.165) is 283 Å². The van der Waals surface area contributed by atoms with Gasteiger partial charge in [0.25, 0.3) is 0 Å². The van der Waals surface area contributed by atoms with Gasteiger partial charge in [0, 0.05) is 19.3 Å². The highest BCUT2D eigenvalue weighted by molar-refractivity contribution is 7.46. The monoisotopic (exact) mass is 1950 g/mol. The minimum absolute atomic E-state index is 0.0707. The number of aliphatic hydroxyl groups excluding tert-OH is 3. The zero-order valence-electron chi connectivity index (χ0n) is 85.1. The number of esters is 5. The molecule has 2 amide bonds. The molecule has 2 saturated heterocycles. The average Bonchev–Trinajstić information content (AvgIpc) is 0.771. The van der Waals surface area contributed by atoms with Crippen molar-refractivity contribution in [1.82, 2.24) is 10.6 Å². The van der Waals surface area contributed by atoms with Gasteiger partial charge in [-0.3, -0.25) is 42.6 Å². The molecular weight excluding hydrogens is 1760 g/mol. The largest absolute Gasteiger partial charge is 0.472 e. The molecule has 2 aliphatic rings. The number of hydrogen-bond donors (Lipinski definition) is 9. The maximum Gasteiger partial charge on any atom is 0.472 e. The van der Waals surface area contributed by atoms with Crippen LogP contribution in [0.25, 0.3) is 0 Å². The molecule has 788 valence electrons. The summed E-state index contributed by atoms with van der Waals surface area (Å²) in [5.74, 6) is -5.56. The lowest BCUT2D eigenvalue weighted by Crippen LogP contribution is -2.68. The highest BCUT2D eigenvalue weighted by Gasteiger charge is 2.55. The van der Waals surface area contributed by atoms with E-state index in [2.05, 4.69) is 59.1 Å². The van der Waals surface area contributed by atoms with Gasteiger partial charge in [-0.05, 0) is 64.2 Å². The first-order valence-corrected chi connectivity index (χ1v) is 57.7. The molecular formula is C104H196N2O26P2. The van der Waals surface area contributed by atoms with Gasteiger partial charge < -0.3 is 83.4 Å². The van der Waals surface area contributed by atoms with E-state index in [4.69, 9.17) is 46.9 Å². The van der Waals surface area contributed by atoms with Crippen molar-refractivity contribution in [1.29, 1.82) is 0 Å². The second kappa shape index (κ2) is 83.8. The van der Waals surface area contributed by atoms with E-state index >= 15 is 9.59 Å². The van der Waals surface area contributed by atoms with Crippen LogP contribution < -0.4 is 10.6 Å². The van der Waals surface area contributed by atoms with Crippen molar-refractivity contribution in [3.63, 3.8) is 0 Å². The predicted molar refractivity (Wildman–Crippen MR) is 527 cm³/mol. The molecule has 14 atom stereocenters. The van der Waals surface area contributed by atoms with Gasteiger partial charge >= 0.3 is 45.5 Å². The van der Waals surface area contributed by atoms with Gasteiger partial charge in [0.15, 0.2) is 24.8 Å². The lowest BCUT2D eigenvalue weighted by molar-refractivity contribution is -0.297. The molecule has 2 rings (SSSR count). The van der Waals surface area contributed by atoms with Crippen LogP contribution in [0.1, 0.15) is 524 Å². The minimum atomic E-state index is -5.74. The third-order valence-electron chi connectivity index (χ3n) is 26.1. The molecule has 0 aliphatic carbocycles. The Morgan fingerprint density at radius 1 is 0.306 bits per heavy atom. The Kier molecular flexibility index (Phi) is 79.0. The zero-order chi connectivity index (χ0) is 98.3. The first-order valence-electron chi connectivity index (χ1n) is 54.7. The van der Waals surface area contributed by atoms with E-state index < -0.39 is 182 Å². The molecule has 30 heteroatoms. The Morgan fingerprint density at radius 3 is 0.873 bits per heavy atom. The Bertz CT molecular complexity index is 2980. The van der Waals surface area contributed by atoms with Crippen LogP contribution in [0.3, 0.4) is 0 Å². The molecule has 0 aromatic carbocycles. The molecule has 0 saturated carbocycles. The first-order chi connectivity index (χ1) is 64.7. The minimum Gasteiger partial charge on any atom is -0.462 e. The van der Waals surface area contributed by atoms with Crippen molar-refractivity contribution in [2.24, 2.45) is 0 Å². The van der Waals surface area contributed by atoms with Crippen molar-refractivity contribution < 1.29 is 125 Å². The van der Waals surface area contributed by atoms with Gasteiger partial charge in [0.2, 0.25) is 11.8 Å². The Morgan fingerprint density at radius 2 is 0.567 bits per heavy atom. The third-order valence-corrected chi connectivity index (χ3v) is 27.1. The molecule has 2 fully saturated rings. The lowest BCUT2D eigenvalue weighted by atomic mass is 9.95. The number of hydrogen-bond acceptors (Lipinski definition) is 22. The maximum atomic E-state index is 15.3. The zero-order valence-corrected chi connectivity index (χ0v) is 86.9.